The number of thiocarbonyl (C=S) groups is 1. The van der Waals surface area contributed by atoms with Gasteiger partial charge in [-0.2, -0.15) is 0 Å². The van der Waals surface area contributed by atoms with Crippen LogP contribution < -0.4 is 10.1 Å². The van der Waals surface area contributed by atoms with Crippen LogP contribution in [0, 0.1) is 10.1 Å². The quantitative estimate of drug-likeness (QED) is 0.215. The fraction of sp³-hybridized carbons (Fsp3) is 0. The van der Waals surface area contributed by atoms with Gasteiger partial charge in [0.1, 0.15) is 10.1 Å². The predicted octanol–water partition coefficient (Wildman–Crippen LogP) is 3.30. The van der Waals surface area contributed by atoms with E-state index in [9.17, 15) is 19.7 Å². The Hall–Kier alpha value is -3.04. The van der Waals surface area contributed by atoms with Crippen molar-refractivity contribution < 1.29 is 19.2 Å². The minimum absolute atomic E-state index is 0.0685. The van der Waals surface area contributed by atoms with E-state index in [4.69, 9.17) is 17.0 Å². The Kier molecular flexibility index (Phi) is 5.10. The van der Waals surface area contributed by atoms with E-state index in [1.165, 1.54) is 18.2 Å². The zero-order valence-electron chi connectivity index (χ0n) is 13.0. The van der Waals surface area contributed by atoms with E-state index in [0.29, 0.717) is 14.8 Å². The van der Waals surface area contributed by atoms with Gasteiger partial charge in [-0.05, 0) is 29.8 Å². The molecular formula is C17H10N2O5S2. The maximum atomic E-state index is 12.2. The normalized spacial score (nSPS) is 15.0. The molecule has 1 fully saturated rings. The lowest BCUT2D eigenvalue weighted by molar-refractivity contribution is -0.384. The highest BCUT2D eigenvalue weighted by molar-refractivity contribution is 8.26. The summed E-state index contributed by atoms with van der Waals surface area (Å²) in [6, 6.07) is 11.8. The number of nitrogens with zero attached hydrogens (tertiary/aromatic N) is 1. The van der Waals surface area contributed by atoms with Crippen molar-refractivity contribution in [2.45, 2.75) is 0 Å². The average molecular weight is 386 g/mol. The SMILES string of the molecule is O=C1NC(=S)S/C1=C/c1cccc(OC(=O)c2cccc([N+](=O)[O-])c2)c1. The fourth-order valence-electron chi connectivity index (χ4n) is 2.15. The van der Waals surface area contributed by atoms with Crippen LogP contribution in [-0.4, -0.2) is 21.1 Å². The molecule has 1 saturated heterocycles. The number of thioether (sulfide) groups is 1. The number of hydrogen-bond acceptors (Lipinski definition) is 7. The molecule has 0 radical (unpaired) electrons. The summed E-state index contributed by atoms with van der Waals surface area (Å²) in [4.78, 5) is 34.5. The van der Waals surface area contributed by atoms with Crippen LogP contribution in [0.4, 0.5) is 5.69 Å². The third-order valence-corrected chi connectivity index (χ3v) is 4.46. The summed E-state index contributed by atoms with van der Waals surface area (Å²) in [6.07, 6.45) is 1.63. The van der Waals surface area contributed by atoms with Crippen LogP contribution in [0.3, 0.4) is 0 Å². The molecule has 9 heteroatoms. The van der Waals surface area contributed by atoms with Gasteiger partial charge in [0, 0.05) is 12.1 Å². The third kappa shape index (κ3) is 4.13. The first-order valence-corrected chi connectivity index (χ1v) is 8.46. The van der Waals surface area contributed by atoms with Crippen molar-refractivity contribution >= 4 is 51.9 Å². The molecule has 7 nitrogen and oxygen atoms in total. The first-order valence-electron chi connectivity index (χ1n) is 7.24. The van der Waals surface area contributed by atoms with Crippen LogP contribution in [0.5, 0.6) is 5.75 Å². The van der Waals surface area contributed by atoms with Gasteiger partial charge in [0.25, 0.3) is 11.6 Å². The van der Waals surface area contributed by atoms with Crippen molar-refractivity contribution in [3.8, 4) is 5.75 Å². The molecule has 2 aromatic carbocycles. The Morgan fingerprint density at radius 3 is 2.69 bits per heavy atom. The number of nitrogens with one attached hydrogen (secondary N) is 1. The zero-order chi connectivity index (χ0) is 18.7. The Labute approximate surface area is 157 Å². The number of nitro groups is 1. The van der Waals surface area contributed by atoms with Crippen molar-refractivity contribution in [3.63, 3.8) is 0 Å². The first-order chi connectivity index (χ1) is 12.4. The van der Waals surface area contributed by atoms with Gasteiger partial charge < -0.3 is 10.1 Å². The highest BCUT2D eigenvalue weighted by atomic mass is 32.2. The van der Waals surface area contributed by atoms with Gasteiger partial charge in [0.05, 0.1) is 15.4 Å². The monoisotopic (exact) mass is 386 g/mol. The molecule has 3 rings (SSSR count). The van der Waals surface area contributed by atoms with Crippen LogP contribution in [0.2, 0.25) is 0 Å². The molecule has 0 unspecified atom stereocenters. The van der Waals surface area contributed by atoms with E-state index in [2.05, 4.69) is 5.32 Å². The van der Waals surface area contributed by atoms with Crippen LogP contribution in [0.15, 0.2) is 53.4 Å². The topological polar surface area (TPSA) is 98.5 Å². The van der Waals surface area contributed by atoms with Crippen LogP contribution >= 0.6 is 24.0 Å². The number of amides is 1. The largest absolute Gasteiger partial charge is 0.423 e. The summed E-state index contributed by atoms with van der Waals surface area (Å²) in [7, 11) is 0. The maximum Gasteiger partial charge on any atom is 0.343 e. The number of hydrogen-bond donors (Lipinski definition) is 1. The summed E-state index contributed by atoms with van der Waals surface area (Å²) in [6.45, 7) is 0. The minimum atomic E-state index is -0.715. The molecule has 0 aliphatic carbocycles. The lowest BCUT2D eigenvalue weighted by atomic mass is 10.2. The van der Waals surface area contributed by atoms with E-state index in [-0.39, 0.29) is 22.9 Å². The van der Waals surface area contributed by atoms with E-state index in [1.54, 1.807) is 30.3 Å². The number of non-ortho nitro benzene ring substituents is 1. The van der Waals surface area contributed by atoms with Gasteiger partial charge in [-0.3, -0.25) is 14.9 Å². The van der Waals surface area contributed by atoms with Gasteiger partial charge in [-0.1, -0.05) is 42.2 Å². The van der Waals surface area contributed by atoms with Gasteiger partial charge in [-0.15, -0.1) is 0 Å². The Bertz CT molecular complexity index is 971. The Morgan fingerprint density at radius 2 is 2.00 bits per heavy atom. The average Bonchev–Trinajstić information content (AvgIpc) is 2.92. The van der Waals surface area contributed by atoms with Crippen LogP contribution in [0.25, 0.3) is 6.08 Å². The molecule has 0 spiro atoms. The molecular weight excluding hydrogens is 376 g/mol. The highest BCUT2D eigenvalue weighted by Gasteiger charge is 2.22. The van der Waals surface area contributed by atoms with Gasteiger partial charge in [0.15, 0.2) is 0 Å². The summed E-state index contributed by atoms with van der Waals surface area (Å²) in [5.41, 5.74) is 0.522. The van der Waals surface area contributed by atoms with E-state index in [0.717, 1.165) is 17.8 Å². The molecule has 1 aliphatic rings. The second-order valence-corrected chi connectivity index (χ2v) is 6.84. The molecule has 1 heterocycles. The van der Waals surface area contributed by atoms with Gasteiger partial charge in [0.2, 0.25) is 0 Å². The van der Waals surface area contributed by atoms with E-state index in [1.807, 2.05) is 0 Å². The van der Waals surface area contributed by atoms with Gasteiger partial charge in [-0.25, -0.2) is 4.79 Å². The Morgan fingerprint density at radius 1 is 1.23 bits per heavy atom. The number of ether oxygens (including phenoxy) is 1. The van der Waals surface area contributed by atoms with E-state index >= 15 is 0 Å². The van der Waals surface area contributed by atoms with Crippen molar-refractivity contribution in [2.75, 3.05) is 0 Å². The van der Waals surface area contributed by atoms with Crippen LogP contribution in [-0.2, 0) is 4.79 Å². The summed E-state index contributed by atoms with van der Waals surface area (Å²) in [5.74, 6) is -0.742. The number of nitro benzene ring substituents is 1. The lowest BCUT2D eigenvalue weighted by Gasteiger charge is -2.05. The molecule has 1 amide bonds. The predicted molar refractivity (Wildman–Crippen MR) is 101 cm³/mol. The molecule has 0 aromatic heterocycles. The zero-order valence-corrected chi connectivity index (χ0v) is 14.6. The minimum Gasteiger partial charge on any atom is -0.423 e. The Balaban J connectivity index is 1.79. The standard InChI is InChI=1S/C17H10N2O5S2/c20-15-14(26-17(25)18-15)8-10-3-1-6-13(7-10)24-16(21)11-4-2-5-12(9-11)19(22)23/h1-9H,(H,18,20,25)/b14-8+. The molecule has 2 aromatic rings. The molecule has 0 saturated carbocycles. The summed E-state index contributed by atoms with van der Waals surface area (Å²) in [5, 5.41) is 13.3. The number of carbonyl (C=O) groups is 2. The van der Waals surface area contributed by atoms with E-state index < -0.39 is 10.9 Å². The molecule has 1 aliphatic heterocycles. The molecule has 1 N–H and O–H groups in total. The van der Waals surface area contributed by atoms with Crippen molar-refractivity contribution in [1.82, 2.24) is 5.32 Å². The highest BCUT2D eigenvalue weighted by Crippen LogP contribution is 2.27. The summed E-state index contributed by atoms with van der Waals surface area (Å²) < 4.78 is 5.65. The number of carbonyl (C=O) groups excluding carboxylic acids is 2. The summed E-state index contributed by atoms with van der Waals surface area (Å²) >= 11 is 6.08. The van der Waals surface area contributed by atoms with Crippen molar-refractivity contribution in [1.29, 1.82) is 0 Å². The third-order valence-electron chi connectivity index (χ3n) is 3.30. The first kappa shape index (κ1) is 17.8. The maximum absolute atomic E-state index is 12.2. The van der Waals surface area contributed by atoms with Gasteiger partial charge >= 0.3 is 5.97 Å². The van der Waals surface area contributed by atoms with Crippen molar-refractivity contribution in [2.24, 2.45) is 0 Å². The molecule has 0 bridgehead atoms. The second-order valence-electron chi connectivity index (χ2n) is 5.12. The number of rotatable bonds is 4. The van der Waals surface area contributed by atoms with Crippen molar-refractivity contribution in [3.05, 3.63) is 74.7 Å². The number of benzene rings is 2. The molecule has 26 heavy (non-hydrogen) atoms. The molecule has 0 atom stereocenters. The van der Waals surface area contributed by atoms with Crippen LogP contribution in [0.1, 0.15) is 15.9 Å². The smallest absolute Gasteiger partial charge is 0.343 e. The fourth-order valence-corrected chi connectivity index (χ4v) is 3.20. The lowest BCUT2D eigenvalue weighted by Crippen LogP contribution is -2.17. The molecule has 130 valence electrons. The number of esters is 1. The second kappa shape index (κ2) is 7.46.